The van der Waals surface area contributed by atoms with E-state index in [1.54, 1.807) is 15.9 Å². The zero-order valence-electron chi connectivity index (χ0n) is 16.1. The van der Waals surface area contributed by atoms with Crippen molar-refractivity contribution in [3.8, 4) is 0 Å². The molecule has 0 aromatic heterocycles. The van der Waals surface area contributed by atoms with E-state index in [1.165, 1.54) is 18.2 Å². The molecule has 1 N–H and O–H groups in total. The van der Waals surface area contributed by atoms with Crippen LogP contribution in [-0.2, 0) is 16.0 Å². The van der Waals surface area contributed by atoms with Crippen molar-refractivity contribution in [3.63, 3.8) is 0 Å². The molecule has 0 radical (unpaired) electrons. The molecule has 152 valence electrons. The summed E-state index contributed by atoms with van der Waals surface area (Å²) in [4.78, 5) is 40.0. The molecule has 0 spiro atoms. The number of hydrogen-bond donors (Lipinski definition) is 1. The number of carbonyl (C=O) groups is 3. The van der Waals surface area contributed by atoms with E-state index < -0.39 is 5.82 Å². The van der Waals surface area contributed by atoms with Gasteiger partial charge in [-0.15, -0.1) is 0 Å². The minimum atomic E-state index is -0.445. The Kier molecular flexibility index (Phi) is 6.94. The van der Waals surface area contributed by atoms with E-state index in [0.29, 0.717) is 31.7 Å². The van der Waals surface area contributed by atoms with Gasteiger partial charge in [0, 0.05) is 44.7 Å². The fraction of sp³-hybridized carbons (Fsp3) is 0.318. The van der Waals surface area contributed by atoms with Gasteiger partial charge in [-0.2, -0.15) is 0 Å². The highest BCUT2D eigenvalue weighted by Gasteiger charge is 2.24. The van der Waals surface area contributed by atoms with Crippen LogP contribution in [0.2, 0.25) is 0 Å². The van der Waals surface area contributed by atoms with Crippen LogP contribution < -0.4 is 5.32 Å². The summed E-state index contributed by atoms with van der Waals surface area (Å²) in [5.41, 5.74) is 1.24. The Morgan fingerprint density at radius 1 is 0.897 bits per heavy atom. The van der Waals surface area contributed by atoms with E-state index in [9.17, 15) is 18.8 Å². The van der Waals surface area contributed by atoms with E-state index in [2.05, 4.69) is 5.32 Å². The summed E-state index contributed by atoms with van der Waals surface area (Å²) >= 11 is 0. The van der Waals surface area contributed by atoms with Crippen LogP contribution in [0, 0.1) is 5.82 Å². The Morgan fingerprint density at radius 2 is 1.59 bits per heavy atom. The van der Waals surface area contributed by atoms with Crippen LogP contribution in [0.5, 0.6) is 0 Å². The van der Waals surface area contributed by atoms with Gasteiger partial charge < -0.3 is 15.1 Å². The molecular formula is C22H24FN3O3. The number of rotatable bonds is 6. The molecule has 0 atom stereocenters. The van der Waals surface area contributed by atoms with Gasteiger partial charge in [0.2, 0.25) is 11.8 Å². The quantitative estimate of drug-likeness (QED) is 0.809. The topological polar surface area (TPSA) is 69.7 Å². The minimum Gasteiger partial charge on any atom is -0.355 e. The Balaban J connectivity index is 1.38. The van der Waals surface area contributed by atoms with Crippen molar-refractivity contribution in [2.24, 2.45) is 0 Å². The predicted octanol–water partition coefficient (Wildman–Crippen LogP) is 1.86. The van der Waals surface area contributed by atoms with E-state index in [1.807, 2.05) is 30.3 Å². The van der Waals surface area contributed by atoms with Crippen molar-refractivity contribution in [2.75, 3.05) is 32.7 Å². The van der Waals surface area contributed by atoms with Gasteiger partial charge in [-0.3, -0.25) is 14.4 Å². The molecule has 3 rings (SSSR count). The maximum absolute atomic E-state index is 13.3. The lowest BCUT2D eigenvalue weighted by Gasteiger charge is -2.35. The Labute approximate surface area is 169 Å². The summed E-state index contributed by atoms with van der Waals surface area (Å²) in [6.45, 7) is 1.95. The van der Waals surface area contributed by atoms with Gasteiger partial charge in [-0.25, -0.2) is 4.39 Å². The lowest BCUT2D eigenvalue weighted by molar-refractivity contribution is -0.132. The molecule has 0 unspecified atom stereocenters. The molecule has 7 heteroatoms. The van der Waals surface area contributed by atoms with E-state index in [-0.39, 0.29) is 37.1 Å². The summed E-state index contributed by atoms with van der Waals surface area (Å²) < 4.78 is 13.3. The fourth-order valence-electron chi connectivity index (χ4n) is 3.27. The average Bonchev–Trinajstić information content (AvgIpc) is 2.74. The Hall–Kier alpha value is -3.22. The highest BCUT2D eigenvalue weighted by atomic mass is 19.1. The van der Waals surface area contributed by atoms with Gasteiger partial charge in [-0.1, -0.05) is 36.4 Å². The highest BCUT2D eigenvalue weighted by Crippen LogP contribution is 2.11. The summed E-state index contributed by atoms with van der Waals surface area (Å²) in [7, 11) is 0. The second kappa shape index (κ2) is 9.82. The van der Waals surface area contributed by atoms with Crippen molar-refractivity contribution in [1.82, 2.24) is 15.1 Å². The predicted molar refractivity (Wildman–Crippen MR) is 107 cm³/mol. The number of piperazine rings is 1. The largest absolute Gasteiger partial charge is 0.355 e. The fourth-order valence-corrected chi connectivity index (χ4v) is 3.27. The number of hydrogen-bond acceptors (Lipinski definition) is 3. The van der Waals surface area contributed by atoms with Crippen LogP contribution in [0.25, 0.3) is 0 Å². The lowest BCUT2D eigenvalue weighted by atomic mass is 10.1. The van der Waals surface area contributed by atoms with Gasteiger partial charge in [-0.05, 0) is 23.8 Å². The molecule has 1 heterocycles. The molecule has 1 aliphatic rings. The first-order valence-corrected chi connectivity index (χ1v) is 9.66. The van der Waals surface area contributed by atoms with Crippen LogP contribution >= 0.6 is 0 Å². The monoisotopic (exact) mass is 397 g/mol. The third-order valence-corrected chi connectivity index (χ3v) is 4.86. The molecule has 2 aromatic carbocycles. The number of halogens is 1. The van der Waals surface area contributed by atoms with Crippen molar-refractivity contribution in [3.05, 3.63) is 71.5 Å². The van der Waals surface area contributed by atoms with E-state index >= 15 is 0 Å². The number of nitrogens with zero attached hydrogens (tertiary/aromatic N) is 2. The zero-order valence-corrected chi connectivity index (χ0v) is 16.1. The van der Waals surface area contributed by atoms with Crippen LogP contribution in [0.4, 0.5) is 4.39 Å². The van der Waals surface area contributed by atoms with Crippen molar-refractivity contribution in [1.29, 1.82) is 0 Å². The van der Waals surface area contributed by atoms with Gasteiger partial charge in [0.1, 0.15) is 5.82 Å². The standard InChI is InChI=1S/C22H24FN3O3/c23-19-8-4-7-18(16-19)22(29)26-13-11-25(12-14-26)21(28)9-10-24-20(27)15-17-5-2-1-3-6-17/h1-8,16H,9-15H2,(H,24,27). The number of benzene rings is 2. The molecule has 2 aromatic rings. The Bertz CT molecular complexity index is 865. The first-order valence-electron chi connectivity index (χ1n) is 9.66. The number of amides is 3. The van der Waals surface area contributed by atoms with Gasteiger partial charge in [0.15, 0.2) is 0 Å². The number of nitrogens with one attached hydrogen (secondary N) is 1. The van der Waals surface area contributed by atoms with E-state index in [0.717, 1.165) is 5.56 Å². The molecule has 0 saturated carbocycles. The van der Waals surface area contributed by atoms with E-state index in [4.69, 9.17) is 0 Å². The smallest absolute Gasteiger partial charge is 0.254 e. The third kappa shape index (κ3) is 5.88. The van der Waals surface area contributed by atoms with Gasteiger partial charge in [0.25, 0.3) is 5.91 Å². The first kappa shape index (κ1) is 20.5. The van der Waals surface area contributed by atoms with Gasteiger partial charge >= 0.3 is 0 Å². The van der Waals surface area contributed by atoms with Crippen LogP contribution in [0.1, 0.15) is 22.3 Å². The van der Waals surface area contributed by atoms with Crippen molar-refractivity contribution < 1.29 is 18.8 Å². The molecule has 3 amide bonds. The SMILES string of the molecule is O=C(Cc1ccccc1)NCCC(=O)N1CCN(C(=O)c2cccc(F)c2)CC1. The molecular weight excluding hydrogens is 373 g/mol. The summed E-state index contributed by atoms with van der Waals surface area (Å²) in [6.07, 6.45) is 0.508. The average molecular weight is 397 g/mol. The zero-order chi connectivity index (χ0) is 20.6. The highest BCUT2D eigenvalue weighted by molar-refractivity contribution is 5.94. The molecule has 0 aliphatic carbocycles. The number of carbonyl (C=O) groups excluding carboxylic acids is 3. The molecule has 1 saturated heterocycles. The molecule has 1 fully saturated rings. The van der Waals surface area contributed by atoms with Gasteiger partial charge in [0.05, 0.1) is 6.42 Å². The van der Waals surface area contributed by atoms with Crippen LogP contribution in [-0.4, -0.2) is 60.2 Å². The Morgan fingerprint density at radius 3 is 2.28 bits per heavy atom. The second-order valence-corrected chi connectivity index (χ2v) is 6.95. The maximum Gasteiger partial charge on any atom is 0.254 e. The lowest BCUT2D eigenvalue weighted by Crippen LogP contribution is -2.51. The first-order chi connectivity index (χ1) is 14.0. The van der Waals surface area contributed by atoms with Crippen LogP contribution in [0.15, 0.2) is 54.6 Å². The van der Waals surface area contributed by atoms with Crippen LogP contribution in [0.3, 0.4) is 0 Å². The van der Waals surface area contributed by atoms with Crippen molar-refractivity contribution >= 4 is 17.7 Å². The summed E-state index contributed by atoms with van der Waals surface area (Å²) in [6, 6.07) is 15.0. The molecule has 1 aliphatic heterocycles. The molecule has 29 heavy (non-hydrogen) atoms. The normalized spacial score (nSPS) is 13.8. The minimum absolute atomic E-state index is 0.0529. The second-order valence-electron chi connectivity index (χ2n) is 6.95. The summed E-state index contributed by atoms with van der Waals surface area (Å²) in [5, 5.41) is 2.77. The third-order valence-electron chi connectivity index (χ3n) is 4.86. The van der Waals surface area contributed by atoms with Crippen molar-refractivity contribution in [2.45, 2.75) is 12.8 Å². The summed E-state index contributed by atoms with van der Waals surface area (Å²) in [5.74, 6) is -0.846. The molecule has 6 nitrogen and oxygen atoms in total. The maximum atomic E-state index is 13.3. The molecule has 0 bridgehead atoms.